The van der Waals surface area contributed by atoms with Crippen LogP contribution in [0.15, 0.2) is 52.1 Å². The Morgan fingerprint density at radius 1 is 1.03 bits per heavy atom. The molecule has 0 bridgehead atoms. The molecular formula is C23H32N4O4S2. The van der Waals surface area contributed by atoms with E-state index in [0.29, 0.717) is 43.6 Å². The molecule has 2 atom stereocenters. The second-order valence-electron chi connectivity index (χ2n) is 8.47. The van der Waals surface area contributed by atoms with Crippen molar-refractivity contribution in [1.29, 1.82) is 0 Å². The van der Waals surface area contributed by atoms with Crippen LogP contribution in [-0.2, 0) is 19.6 Å². The number of carbonyl (C=O) groups excluding carboxylic acids is 1. The number of sulfonamides is 1. The zero-order valence-corrected chi connectivity index (χ0v) is 20.6. The minimum Gasteiger partial charge on any atom is -0.379 e. The molecule has 0 spiro atoms. The zero-order valence-electron chi connectivity index (χ0n) is 18.9. The van der Waals surface area contributed by atoms with Crippen molar-refractivity contribution in [1.82, 2.24) is 19.4 Å². The number of thiophene rings is 1. The fourth-order valence-corrected chi connectivity index (χ4v) is 7.14. The van der Waals surface area contributed by atoms with E-state index in [4.69, 9.17) is 4.74 Å². The lowest BCUT2D eigenvalue weighted by molar-refractivity contribution is -0.123. The number of nitrogens with zero attached hydrogens (tertiary/aromatic N) is 3. The monoisotopic (exact) mass is 492 g/mol. The number of rotatable bonds is 8. The van der Waals surface area contributed by atoms with E-state index in [1.807, 2.05) is 23.1 Å². The Bertz CT molecular complexity index is 987. The molecule has 2 fully saturated rings. The van der Waals surface area contributed by atoms with Crippen LogP contribution in [0.4, 0.5) is 0 Å². The highest BCUT2D eigenvalue weighted by molar-refractivity contribution is 7.91. The second kappa shape index (κ2) is 11.1. The molecule has 8 nitrogen and oxygen atoms in total. The number of benzene rings is 1. The average Bonchev–Trinajstić information content (AvgIpc) is 3.37. The fraction of sp³-hybridized carbons (Fsp3) is 0.522. The Morgan fingerprint density at radius 2 is 1.73 bits per heavy atom. The Kier molecular flexibility index (Phi) is 8.15. The first kappa shape index (κ1) is 24.3. The molecule has 2 aromatic rings. The molecule has 0 radical (unpaired) electrons. The second-order valence-corrected chi connectivity index (χ2v) is 11.6. The van der Waals surface area contributed by atoms with Crippen molar-refractivity contribution in [3.63, 3.8) is 0 Å². The van der Waals surface area contributed by atoms with E-state index in [0.717, 1.165) is 13.1 Å². The van der Waals surface area contributed by atoms with E-state index in [1.165, 1.54) is 21.2 Å². The van der Waals surface area contributed by atoms with E-state index in [9.17, 15) is 13.2 Å². The van der Waals surface area contributed by atoms with Crippen LogP contribution in [0.2, 0.25) is 0 Å². The smallest absolute Gasteiger partial charge is 0.252 e. The van der Waals surface area contributed by atoms with Crippen molar-refractivity contribution in [2.75, 3.05) is 59.0 Å². The Labute approximate surface area is 200 Å². The molecule has 0 aliphatic carbocycles. The zero-order chi connectivity index (χ0) is 23.3. The number of piperazine rings is 1. The summed E-state index contributed by atoms with van der Waals surface area (Å²) < 4.78 is 32.8. The minimum atomic E-state index is -3.44. The molecule has 180 valence electrons. The normalized spacial score (nSPS) is 20.9. The van der Waals surface area contributed by atoms with Gasteiger partial charge in [0.25, 0.3) is 10.0 Å². The van der Waals surface area contributed by atoms with Crippen molar-refractivity contribution in [2.24, 2.45) is 0 Å². The highest BCUT2D eigenvalue weighted by Crippen LogP contribution is 2.26. The number of nitrogens with one attached hydrogen (secondary N) is 1. The molecular weight excluding hydrogens is 460 g/mol. The maximum Gasteiger partial charge on any atom is 0.252 e. The Balaban J connectivity index is 1.32. The summed E-state index contributed by atoms with van der Waals surface area (Å²) in [6.45, 7) is 7.24. The summed E-state index contributed by atoms with van der Waals surface area (Å²) in [6.07, 6.45) is 0. The van der Waals surface area contributed by atoms with Crippen molar-refractivity contribution in [2.45, 2.75) is 23.2 Å². The van der Waals surface area contributed by atoms with Crippen LogP contribution >= 0.6 is 11.3 Å². The van der Waals surface area contributed by atoms with Crippen LogP contribution in [0.1, 0.15) is 18.5 Å². The van der Waals surface area contributed by atoms with Crippen LogP contribution in [-0.4, -0.2) is 93.5 Å². The SMILES string of the molecule is C[C@H](NC(=O)CN1CCN(S(=O)(=O)c2cccs2)CC1)[C@@H](c1ccccc1)N1CCOCC1. The molecule has 2 saturated heterocycles. The third-order valence-electron chi connectivity index (χ3n) is 6.23. The van der Waals surface area contributed by atoms with E-state index >= 15 is 0 Å². The van der Waals surface area contributed by atoms with Gasteiger partial charge in [-0.15, -0.1) is 11.3 Å². The summed E-state index contributed by atoms with van der Waals surface area (Å²) in [5.41, 5.74) is 1.18. The molecule has 1 amide bonds. The summed E-state index contributed by atoms with van der Waals surface area (Å²) in [5.74, 6) is -0.0359. The van der Waals surface area contributed by atoms with Gasteiger partial charge < -0.3 is 10.1 Å². The molecule has 4 rings (SSSR count). The quantitative estimate of drug-likeness (QED) is 0.603. The van der Waals surface area contributed by atoms with Crippen molar-refractivity contribution in [3.05, 3.63) is 53.4 Å². The maximum absolute atomic E-state index is 12.9. The van der Waals surface area contributed by atoms with Gasteiger partial charge in [-0.3, -0.25) is 14.6 Å². The maximum atomic E-state index is 12.9. The van der Waals surface area contributed by atoms with E-state index in [1.54, 1.807) is 17.5 Å². The first-order valence-corrected chi connectivity index (χ1v) is 13.7. The van der Waals surface area contributed by atoms with E-state index in [2.05, 4.69) is 29.3 Å². The van der Waals surface area contributed by atoms with Gasteiger partial charge in [0.15, 0.2) is 0 Å². The van der Waals surface area contributed by atoms with Gasteiger partial charge in [0.05, 0.1) is 25.8 Å². The van der Waals surface area contributed by atoms with Gasteiger partial charge in [-0.25, -0.2) is 8.42 Å². The molecule has 0 saturated carbocycles. The lowest BCUT2D eigenvalue weighted by Crippen LogP contribution is -2.53. The van der Waals surface area contributed by atoms with E-state index in [-0.39, 0.29) is 24.5 Å². The summed E-state index contributed by atoms with van der Waals surface area (Å²) in [7, 11) is -3.44. The third kappa shape index (κ3) is 6.00. The number of morpholine rings is 1. The van der Waals surface area contributed by atoms with Crippen LogP contribution in [0.5, 0.6) is 0 Å². The lowest BCUT2D eigenvalue weighted by Gasteiger charge is -2.39. The number of hydrogen-bond donors (Lipinski definition) is 1. The molecule has 1 N–H and O–H groups in total. The van der Waals surface area contributed by atoms with Gasteiger partial charge >= 0.3 is 0 Å². The highest BCUT2D eigenvalue weighted by Gasteiger charge is 2.31. The summed E-state index contributed by atoms with van der Waals surface area (Å²) in [5, 5.41) is 4.97. The highest BCUT2D eigenvalue weighted by atomic mass is 32.2. The van der Waals surface area contributed by atoms with Crippen molar-refractivity contribution in [3.8, 4) is 0 Å². The number of ether oxygens (including phenoxy) is 1. The van der Waals surface area contributed by atoms with Crippen LogP contribution < -0.4 is 5.32 Å². The Hall–Kier alpha value is -1.82. The average molecular weight is 493 g/mol. The van der Waals surface area contributed by atoms with Gasteiger partial charge in [-0.1, -0.05) is 36.4 Å². The molecule has 33 heavy (non-hydrogen) atoms. The first-order chi connectivity index (χ1) is 15.9. The van der Waals surface area contributed by atoms with Gasteiger partial charge in [0, 0.05) is 45.3 Å². The molecule has 0 unspecified atom stereocenters. The molecule has 2 aliphatic heterocycles. The van der Waals surface area contributed by atoms with Crippen LogP contribution in [0.3, 0.4) is 0 Å². The summed E-state index contributed by atoms with van der Waals surface area (Å²) >= 11 is 1.24. The van der Waals surface area contributed by atoms with Gasteiger partial charge in [-0.2, -0.15) is 4.31 Å². The number of hydrogen-bond acceptors (Lipinski definition) is 7. The fourth-order valence-electron chi connectivity index (χ4n) is 4.57. The number of carbonyl (C=O) groups is 1. The minimum absolute atomic E-state index is 0.0359. The van der Waals surface area contributed by atoms with Crippen molar-refractivity contribution < 1.29 is 17.9 Å². The molecule has 1 aromatic carbocycles. The molecule has 1 aromatic heterocycles. The van der Waals surface area contributed by atoms with E-state index < -0.39 is 10.0 Å². The van der Waals surface area contributed by atoms with Gasteiger partial charge in [0.2, 0.25) is 5.91 Å². The predicted octanol–water partition coefficient (Wildman–Crippen LogP) is 1.63. The van der Waals surface area contributed by atoms with Crippen LogP contribution in [0.25, 0.3) is 0 Å². The molecule has 10 heteroatoms. The Morgan fingerprint density at radius 3 is 2.36 bits per heavy atom. The standard InChI is InChI=1S/C23H32N4O4S2/c1-19(23(20-6-3-2-4-7-20)26-13-15-31-16-14-26)24-21(28)18-25-9-11-27(12-10-25)33(29,30)22-8-5-17-32-22/h2-8,17,19,23H,9-16,18H2,1H3,(H,24,28)/t19-,23-/m0/s1. The first-order valence-electron chi connectivity index (χ1n) is 11.4. The predicted molar refractivity (Wildman–Crippen MR) is 129 cm³/mol. The lowest BCUT2D eigenvalue weighted by atomic mass is 9.98. The van der Waals surface area contributed by atoms with Gasteiger partial charge in [0.1, 0.15) is 4.21 Å². The van der Waals surface area contributed by atoms with Crippen molar-refractivity contribution >= 4 is 27.3 Å². The third-order valence-corrected chi connectivity index (χ3v) is 9.50. The molecule has 2 aliphatic rings. The number of amides is 1. The van der Waals surface area contributed by atoms with Crippen LogP contribution in [0, 0.1) is 0 Å². The topological polar surface area (TPSA) is 82.2 Å². The summed E-state index contributed by atoms with van der Waals surface area (Å²) in [4.78, 5) is 17.3. The molecule has 3 heterocycles. The van der Waals surface area contributed by atoms with Gasteiger partial charge in [-0.05, 0) is 23.9 Å². The summed E-state index contributed by atoms with van der Waals surface area (Å²) in [6, 6.07) is 13.7. The largest absolute Gasteiger partial charge is 0.379 e.